The summed E-state index contributed by atoms with van der Waals surface area (Å²) in [5.41, 5.74) is 11.8. The lowest BCUT2D eigenvalue weighted by Gasteiger charge is -2.27. The quantitative estimate of drug-likeness (QED) is 0.904. The van der Waals surface area contributed by atoms with Gasteiger partial charge in [-0.3, -0.25) is 0 Å². The lowest BCUT2D eigenvalue weighted by molar-refractivity contribution is 0.443. The normalized spacial score (nSPS) is 13.9. The van der Waals surface area contributed by atoms with E-state index in [-0.39, 0.29) is 0 Å². The van der Waals surface area contributed by atoms with E-state index in [0.29, 0.717) is 12.5 Å². The summed E-state index contributed by atoms with van der Waals surface area (Å²) in [7, 11) is 0. The van der Waals surface area contributed by atoms with E-state index < -0.39 is 0 Å². The van der Waals surface area contributed by atoms with E-state index in [0.717, 1.165) is 12.2 Å². The van der Waals surface area contributed by atoms with E-state index >= 15 is 0 Å². The monoisotopic (exact) mass is 264 g/mol. The van der Waals surface area contributed by atoms with Crippen LogP contribution < -0.4 is 5.73 Å². The van der Waals surface area contributed by atoms with Crippen molar-refractivity contribution >= 4 is 11.6 Å². The van der Waals surface area contributed by atoms with Crippen molar-refractivity contribution in [1.82, 2.24) is 4.90 Å². The smallest absolute Gasteiger partial charge is 0.196 e. The molecular weight excluding hydrogens is 246 g/mol. The van der Waals surface area contributed by atoms with Crippen LogP contribution in [0.2, 0.25) is 0 Å². The summed E-state index contributed by atoms with van der Waals surface area (Å²) in [6.45, 7) is 7.42. The molecule has 0 atom stereocenters. The summed E-state index contributed by atoms with van der Waals surface area (Å²) in [5.74, 6) is 0.552. The number of fused-ring (bicyclic) bond motifs is 1. The molecule has 1 radical (unpaired) electrons. The second-order valence-electron chi connectivity index (χ2n) is 5.05. The molecule has 0 spiro atoms. The Balaban J connectivity index is 2.05. The first kappa shape index (κ1) is 12.7. The lowest BCUT2D eigenvalue weighted by Crippen LogP contribution is -2.38. The molecule has 0 bridgehead atoms. The molecule has 0 aromatic heterocycles. The van der Waals surface area contributed by atoms with Crippen molar-refractivity contribution in [3.63, 3.8) is 0 Å². The predicted octanol–water partition coefficient (Wildman–Crippen LogP) is 3.26. The maximum atomic E-state index is 5.91. The maximum absolute atomic E-state index is 5.91. The third-order valence-electron chi connectivity index (χ3n) is 3.73. The molecule has 2 N–H and O–H groups in total. The van der Waals surface area contributed by atoms with Crippen LogP contribution >= 0.6 is 0 Å². The Hall–Kier alpha value is -2.29. The maximum Gasteiger partial charge on any atom is 0.196 e. The fraction of sp³-hybridized carbons (Fsp3) is 0.176. The van der Waals surface area contributed by atoms with Gasteiger partial charge in [0.05, 0.1) is 5.69 Å². The Kier molecular flexibility index (Phi) is 3.18. The summed E-state index contributed by atoms with van der Waals surface area (Å²) in [6, 6.07) is 14.8. The van der Waals surface area contributed by atoms with Crippen LogP contribution in [0.25, 0.3) is 11.1 Å². The van der Waals surface area contributed by atoms with Crippen LogP contribution in [-0.4, -0.2) is 17.4 Å². The Morgan fingerprint density at radius 1 is 1.25 bits per heavy atom. The number of rotatable bonds is 2. The molecule has 0 amide bonds. The van der Waals surface area contributed by atoms with Gasteiger partial charge in [-0.15, -0.1) is 0 Å². The van der Waals surface area contributed by atoms with Crippen LogP contribution in [0.5, 0.6) is 0 Å². The second kappa shape index (κ2) is 5.00. The molecule has 20 heavy (non-hydrogen) atoms. The fourth-order valence-corrected chi connectivity index (χ4v) is 2.56. The van der Waals surface area contributed by atoms with E-state index in [4.69, 9.17) is 5.73 Å². The Labute approximate surface area is 119 Å². The van der Waals surface area contributed by atoms with Gasteiger partial charge in [-0.1, -0.05) is 30.3 Å². The summed E-state index contributed by atoms with van der Waals surface area (Å²) < 4.78 is 0. The highest BCUT2D eigenvalue weighted by atomic mass is 15.3. The molecule has 0 aliphatic carbocycles. The molecule has 3 heteroatoms. The van der Waals surface area contributed by atoms with Crippen molar-refractivity contribution in [3.05, 3.63) is 60.5 Å². The molecule has 0 saturated carbocycles. The summed E-state index contributed by atoms with van der Waals surface area (Å²) >= 11 is 0. The molecule has 0 fully saturated rings. The fourth-order valence-electron chi connectivity index (χ4n) is 2.56. The van der Waals surface area contributed by atoms with Crippen LogP contribution in [0.1, 0.15) is 11.1 Å². The van der Waals surface area contributed by atoms with Gasteiger partial charge >= 0.3 is 0 Å². The number of guanidine groups is 1. The van der Waals surface area contributed by atoms with Crippen LogP contribution in [0, 0.1) is 13.8 Å². The van der Waals surface area contributed by atoms with E-state index in [1.165, 1.54) is 22.3 Å². The zero-order valence-electron chi connectivity index (χ0n) is 11.6. The highest BCUT2D eigenvalue weighted by Crippen LogP contribution is 2.31. The van der Waals surface area contributed by atoms with Crippen molar-refractivity contribution in [3.8, 4) is 11.1 Å². The number of aliphatic imine (C=N–C) groups is 1. The standard InChI is InChI=1S/C17H18N3/c1-3-20-11-14-10-13(8-9-16(14)19-17(20)18)15-7-5-4-6-12(15)2/h4-10H,1,3,11H2,2H3,(H2,18,19). The topological polar surface area (TPSA) is 41.6 Å². The number of hydrogen-bond donors (Lipinski definition) is 1. The highest BCUT2D eigenvalue weighted by molar-refractivity contribution is 5.84. The van der Waals surface area contributed by atoms with Crippen molar-refractivity contribution in [2.75, 3.05) is 6.54 Å². The molecule has 3 rings (SSSR count). The van der Waals surface area contributed by atoms with E-state index in [1.807, 2.05) is 11.0 Å². The van der Waals surface area contributed by atoms with Gasteiger partial charge in [0.15, 0.2) is 5.96 Å². The first-order valence-corrected chi connectivity index (χ1v) is 6.76. The van der Waals surface area contributed by atoms with E-state index in [1.54, 1.807) is 0 Å². The second-order valence-corrected chi connectivity index (χ2v) is 5.05. The summed E-state index contributed by atoms with van der Waals surface area (Å²) in [4.78, 5) is 6.41. The Morgan fingerprint density at radius 3 is 2.80 bits per heavy atom. The first-order chi connectivity index (χ1) is 9.69. The van der Waals surface area contributed by atoms with Crippen molar-refractivity contribution in [2.24, 2.45) is 10.7 Å². The predicted molar refractivity (Wildman–Crippen MR) is 83.7 cm³/mol. The van der Waals surface area contributed by atoms with Crippen LogP contribution in [0.4, 0.5) is 5.69 Å². The number of hydrogen-bond acceptors (Lipinski definition) is 3. The van der Waals surface area contributed by atoms with Gasteiger partial charge in [0, 0.05) is 13.1 Å². The van der Waals surface area contributed by atoms with Gasteiger partial charge in [0.1, 0.15) is 0 Å². The van der Waals surface area contributed by atoms with Gasteiger partial charge in [-0.25, -0.2) is 4.99 Å². The first-order valence-electron chi connectivity index (χ1n) is 6.76. The average molecular weight is 264 g/mol. The number of benzene rings is 2. The third kappa shape index (κ3) is 2.16. The molecule has 1 aliphatic heterocycles. The number of nitrogens with two attached hydrogens (primary N) is 1. The third-order valence-corrected chi connectivity index (χ3v) is 3.73. The van der Waals surface area contributed by atoms with Crippen molar-refractivity contribution in [2.45, 2.75) is 13.5 Å². The molecule has 0 saturated heterocycles. The summed E-state index contributed by atoms with van der Waals surface area (Å²) in [6.07, 6.45) is 0. The molecule has 2 aromatic rings. The minimum Gasteiger partial charge on any atom is -0.369 e. The zero-order chi connectivity index (χ0) is 14.1. The molecule has 1 aliphatic rings. The van der Waals surface area contributed by atoms with Gasteiger partial charge in [0.25, 0.3) is 0 Å². The molecule has 1 heterocycles. The molecule has 2 aromatic carbocycles. The largest absolute Gasteiger partial charge is 0.369 e. The van der Waals surface area contributed by atoms with Gasteiger partial charge in [-0.2, -0.15) is 0 Å². The van der Waals surface area contributed by atoms with E-state index in [2.05, 4.69) is 55.2 Å². The Bertz CT molecular complexity index is 674. The highest BCUT2D eigenvalue weighted by Gasteiger charge is 2.16. The van der Waals surface area contributed by atoms with Gasteiger partial charge < -0.3 is 10.6 Å². The Morgan fingerprint density at radius 2 is 2.05 bits per heavy atom. The molecule has 101 valence electrons. The van der Waals surface area contributed by atoms with Crippen molar-refractivity contribution in [1.29, 1.82) is 0 Å². The SMILES string of the molecule is [CH2]CN1Cc2cc(-c3ccccc3C)ccc2N=C1N. The number of nitrogens with zero attached hydrogens (tertiary/aromatic N) is 2. The summed E-state index contributed by atoms with van der Waals surface area (Å²) in [5, 5.41) is 0. The average Bonchev–Trinajstić information content (AvgIpc) is 2.46. The minimum atomic E-state index is 0.552. The molecule has 3 nitrogen and oxygen atoms in total. The zero-order valence-corrected chi connectivity index (χ0v) is 11.6. The van der Waals surface area contributed by atoms with Gasteiger partial charge in [-0.05, 0) is 48.2 Å². The molecule has 0 unspecified atom stereocenters. The van der Waals surface area contributed by atoms with E-state index in [9.17, 15) is 0 Å². The molecular formula is C17H18N3. The number of aryl methyl sites for hydroxylation is 1. The minimum absolute atomic E-state index is 0.552. The van der Waals surface area contributed by atoms with Crippen LogP contribution in [-0.2, 0) is 6.54 Å². The van der Waals surface area contributed by atoms with Crippen LogP contribution in [0.15, 0.2) is 47.5 Å². The lowest BCUT2D eigenvalue weighted by atomic mass is 9.97. The van der Waals surface area contributed by atoms with Crippen molar-refractivity contribution < 1.29 is 0 Å². The van der Waals surface area contributed by atoms with Crippen LogP contribution in [0.3, 0.4) is 0 Å². The van der Waals surface area contributed by atoms with Gasteiger partial charge in [0.2, 0.25) is 0 Å².